The summed E-state index contributed by atoms with van der Waals surface area (Å²) in [6.45, 7) is 1.92. The standard InChI is InChI=1S/C6H12/c1-6-4-2-3-5-6/h6H,2-5H2,1H3/i2D,6D. The van der Waals surface area contributed by atoms with Gasteiger partial charge in [0.05, 0.1) is 0 Å². The maximum atomic E-state index is 7.50. The van der Waals surface area contributed by atoms with Crippen molar-refractivity contribution in [2.75, 3.05) is 0 Å². The molecule has 0 N–H and O–H groups in total. The normalized spacial score (nSPS) is 63.8. The fourth-order valence-electron chi connectivity index (χ4n) is 0.799. The fourth-order valence-corrected chi connectivity index (χ4v) is 0.799. The Morgan fingerprint density at radius 3 is 2.83 bits per heavy atom. The molecule has 1 saturated carbocycles. The minimum atomic E-state index is -0.271. The zero-order chi connectivity index (χ0) is 6.20. The molecule has 0 radical (unpaired) electrons. The lowest BCUT2D eigenvalue weighted by atomic mass is 10.2. The molecule has 0 heteroatoms. The summed E-state index contributed by atoms with van der Waals surface area (Å²) < 4.78 is 14.8. The first-order valence-corrected chi connectivity index (χ1v) is 2.52. The van der Waals surface area contributed by atoms with Crippen LogP contribution in [-0.2, 0) is 0 Å². The van der Waals surface area contributed by atoms with Crippen LogP contribution >= 0.6 is 0 Å². The molecule has 0 saturated heterocycles. The zero-order valence-electron chi connectivity index (χ0n) is 6.20. The van der Waals surface area contributed by atoms with Gasteiger partial charge in [-0.25, -0.2) is 0 Å². The van der Waals surface area contributed by atoms with Crippen molar-refractivity contribution in [1.29, 1.82) is 0 Å². The summed E-state index contributed by atoms with van der Waals surface area (Å²) >= 11 is 0. The monoisotopic (exact) mass is 86.1 g/mol. The average molecular weight is 86.2 g/mol. The van der Waals surface area contributed by atoms with E-state index in [4.69, 9.17) is 2.74 Å². The molecule has 6 heavy (non-hydrogen) atoms. The Morgan fingerprint density at radius 2 is 2.67 bits per heavy atom. The minimum Gasteiger partial charge on any atom is -0.0625 e. The van der Waals surface area contributed by atoms with Crippen molar-refractivity contribution in [2.45, 2.75) is 32.6 Å². The van der Waals surface area contributed by atoms with E-state index in [-0.39, 0.29) is 12.3 Å². The fraction of sp³-hybridized carbons (Fsp3) is 1.00. The highest BCUT2D eigenvalue weighted by Crippen LogP contribution is 2.22. The second kappa shape index (κ2) is 1.63. The van der Waals surface area contributed by atoms with Gasteiger partial charge in [-0.1, -0.05) is 32.6 Å². The first-order chi connectivity index (χ1) is 3.60. The Balaban J connectivity index is 2.44. The third kappa shape index (κ3) is 0.735. The van der Waals surface area contributed by atoms with Crippen LogP contribution in [0.2, 0.25) is 0 Å². The summed E-state index contributed by atoms with van der Waals surface area (Å²) in [5, 5.41) is 0. The molecule has 0 aromatic heterocycles. The molecule has 0 aromatic carbocycles. The maximum absolute atomic E-state index is 7.50. The van der Waals surface area contributed by atoms with Crippen LogP contribution in [0.3, 0.4) is 0 Å². The molecular weight excluding hydrogens is 72.1 g/mol. The lowest BCUT2D eigenvalue weighted by Gasteiger charge is -1.91. The van der Waals surface area contributed by atoms with E-state index in [0.29, 0.717) is 0 Å². The van der Waals surface area contributed by atoms with Crippen molar-refractivity contribution in [3.63, 3.8) is 0 Å². The molecule has 0 heterocycles. The van der Waals surface area contributed by atoms with Gasteiger partial charge in [-0.3, -0.25) is 0 Å². The van der Waals surface area contributed by atoms with Gasteiger partial charge in [-0.15, -0.1) is 0 Å². The second-order valence-corrected chi connectivity index (χ2v) is 1.99. The van der Waals surface area contributed by atoms with Gasteiger partial charge in [0.15, 0.2) is 0 Å². The Kier molecular flexibility index (Phi) is 0.638. The van der Waals surface area contributed by atoms with E-state index in [2.05, 4.69) is 0 Å². The van der Waals surface area contributed by atoms with Crippen molar-refractivity contribution >= 4 is 0 Å². The third-order valence-electron chi connectivity index (χ3n) is 1.27. The van der Waals surface area contributed by atoms with Crippen LogP contribution in [0.25, 0.3) is 0 Å². The molecule has 0 amide bonds. The Bertz CT molecular complexity index is 88.5. The van der Waals surface area contributed by atoms with Crippen molar-refractivity contribution in [3.8, 4) is 0 Å². The molecule has 1 rings (SSSR count). The zero-order valence-corrected chi connectivity index (χ0v) is 4.20. The summed E-state index contributed by atoms with van der Waals surface area (Å²) in [6.07, 6.45) is 2.67. The van der Waals surface area contributed by atoms with Gasteiger partial charge in [-0.05, 0) is 5.89 Å². The van der Waals surface area contributed by atoms with Crippen LogP contribution in [0.1, 0.15) is 35.3 Å². The Labute approximate surface area is 42.4 Å². The van der Waals surface area contributed by atoms with E-state index in [1.54, 1.807) is 0 Å². The highest BCUT2D eigenvalue weighted by Gasteiger charge is 2.07. The molecule has 0 nitrogen and oxygen atoms in total. The van der Waals surface area contributed by atoms with Crippen LogP contribution in [0.5, 0.6) is 0 Å². The van der Waals surface area contributed by atoms with Gasteiger partial charge in [0, 0.05) is 2.74 Å². The van der Waals surface area contributed by atoms with Gasteiger partial charge in [-0.2, -0.15) is 0 Å². The van der Waals surface area contributed by atoms with E-state index >= 15 is 0 Å². The second-order valence-electron chi connectivity index (χ2n) is 1.99. The molecule has 36 valence electrons. The van der Waals surface area contributed by atoms with Crippen molar-refractivity contribution in [1.82, 2.24) is 0 Å². The van der Waals surface area contributed by atoms with Crippen LogP contribution in [0.15, 0.2) is 0 Å². The molecule has 1 fully saturated rings. The van der Waals surface area contributed by atoms with Gasteiger partial charge in [0.1, 0.15) is 0 Å². The van der Waals surface area contributed by atoms with Crippen LogP contribution < -0.4 is 0 Å². The summed E-state index contributed by atoms with van der Waals surface area (Å²) in [7, 11) is 0. The van der Waals surface area contributed by atoms with E-state index in [1.165, 1.54) is 0 Å². The Morgan fingerprint density at radius 1 is 1.83 bits per heavy atom. The number of rotatable bonds is 0. The van der Waals surface area contributed by atoms with Gasteiger partial charge in [0.2, 0.25) is 0 Å². The molecular formula is C6H12. The number of hydrogen-bond donors (Lipinski definition) is 0. The van der Waals surface area contributed by atoms with Crippen molar-refractivity contribution in [2.24, 2.45) is 5.89 Å². The topological polar surface area (TPSA) is 0 Å². The van der Waals surface area contributed by atoms with Crippen molar-refractivity contribution < 1.29 is 2.74 Å². The van der Waals surface area contributed by atoms with E-state index in [9.17, 15) is 0 Å². The van der Waals surface area contributed by atoms with Gasteiger partial charge in [0.25, 0.3) is 0 Å². The minimum absolute atomic E-state index is 0.0532. The van der Waals surface area contributed by atoms with E-state index in [1.807, 2.05) is 6.92 Å². The van der Waals surface area contributed by atoms with E-state index in [0.717, 1.165) is 19.3 Å². The maximum Gasteiger partial charge on any atom is 0.0300 e. The third-order valence-corrected chi connectivity index (χ3v) is 1.27. The highest BCUT2D eigenvalue weighted by molar-refractivity contribution is 4.60. The molecule has 1 aliphatic rings. The van der Waals surface area contributed by atoms with Crippen LogP contribution in [0, 0.1) is 5.89 Å². The Hall–Kier alpha value is 0. The average Bonchev–Trinajstić information content (AvgIpc) is 1.82. The predicted molar refractivity (Wildman–Crippen MR) is 27.6 cm³/mol. The van der Waals surface area contributed by atoms with Gasteiger partial charge < -0.3 is 0 Å². The first-order valence-electron chi connectivity index (χ1n) is 3.60. The summed E-state index contributed by atoms with van der Waals surface area (Å²) in [5.74, 6) is -0.271. The lowest BCUT2D eigenvalue weighted by molar-refractivity contribution is 0.612. The van der Waals surface area contributed by atoms with E-state index < -0.39 is 0 Å². The molecule has 2 atom stereocenters. The summed E-state index contributed by atoms with van der Waals surface area (Å²) in [5.41, 5.74) is 0. The molecule has 0 aliphatic heterocycles. The smallest absolute Gasteiger partial charge is 0.0300 e. The quantitative estimate of drug-likeness (QED) is 0.424. The highest BCUT2D eigenvalue weighted by atomic mass is 14.1. The summed E-state index contributed by atoms with van der Waals surface area (Å²) in [4.78, 5) is 0. The lowest BCUT2D eigenvalue weighted by Crippen LogP contribution is -1.78. The largest absolute Gasteiger partial charge is 0.0625 e. The first kappa shape index (κ1) is 2.34. The molecule has 0 spiro atoms. The SMILES string of the molecule is [2H]C1CCC([2H])(C)C1. The number of hydrogen-bond acceptors (Lipinski definition) is 0. The molecule has 0 bridgehead atoms. The predicted octanol–water partition coefficient (Wildman–Crippen LogP) is 2.20. The van der Waals surface area contributed by atoms with Crippen LogP contribution in [0.4, 0.5) is 0 Å². The van der Waals surface area contributed by atoms with Crippen LogP contribution in [-0.4, -0.2) is 0 Å². The van der Waals surface area contributed by atoms with Crippen molar-refractivity contribution in [3.05, 3.63) is 0 Å². The molecule has 1 aliphatic carbocycles. The molecule has 2 unspecified atom stereocenters. The molecule has 0 aromatic rings. The van der Waals surface area contributed by atoms with Gasteiger partial charge >= 0.3 is 0 Å². The summed E-state index contributed by atoms with van der Waals surface area (Å²) in [6, 6.07) is 0.